The predicted octanol–water partition coefficient (Wildman–Crippen LogP) is 3.78. The van der Waals surface area contributed by atoms with Gasteiger partial charge >= 0.3 is 11.9 Å². The number of rotatable bonds is 8. The van der Waals surface area contributed by atoms with Gasteiger partial charge in [-0.3, -0.25) is 9.59 Å². The van der Waals surface area contributed by atoms with Crippen LogP contribution in [0.4, 0.5) is 0 Å². The number of aliphatic carboxylic acids is 2. The Hall–Kier alpha value is -1.85. The third-order valence-corrected chi connectivity index (χ3v) is 14.6. The van der Waals surface area contributed by atoms with Gasteiger partial charge in [-0.15, -0.1) is 0 Å². The number of aldehydes is 1. The molecule has 0 aliphatic heterocycles. The SMILES string of the molecule is CC1CCC2(C(=O)O)CCC3(C(=O)O)C(=CCC4C5(C)CCC(OC(O)C(O)C(O)C(O)C=O)C(C)(C)C5CCC43C)C2C1C. The maximum Gasteiger partial charge on any atom is 0.314 e. The first-order valence-corrected chi connectivity index (χ1v) is 16.9. The van der Waals surface area contributed by atoms with E-state index in [4.69, 9.17) is 4.74 Å². The Morgan fingerprint density at radius 2 is 1.53 bits per heavy atom. The molecule has 0 saturated heterocycles. The Kier molecular flexibility index (Phi) is 8.73. The lowest BCUT2D eigenvalue weighted by Gasteiger charge is -2.70. The maximum absolute atomic E-state index is 13.7. The third-order valence-electron chi connectivity index (χ3n) is 14.6. The van der Waals surface area contributed by atoms with Crippen molar-refractivity contribution in [3.8, 4) is 0 Å². The van der Waals surface area contributed by atoms with E-state index in [1.807, 2.05) is 0 Å². The molecule has 14 unspecified atom stereocenters. The second-order valence-corrected chi connectivity index (χ2v) is 16.5. The van der Waals surface area contributed by atoms with Crippen LogP contribution in [0.25, 0.3) is 0 Å². The van der Waals surface area contributed by atoms with E-state index in [0.717, 1.165) is 18.4 Å². The first-order chi connectivity index (χ1) is 20.9. The Labute approximate surface area is 266 Å². The van der Waals surface area contributed by atoms with Crippen LogP contribution in [0.1, 0.15) is 99.3 Å². The molecule has 6 N–H and O–H groups in total. The molecule has 45 heavy (non-hydrogen) atoms. The lowest BCUT2D eigenvalue weighted by molar-refractivity contribution is -0.269. The van der Waals surface area contributed by atoms with Crippen molar-refractivity contribution in [2.45, 2.75) is 130 Å². The Balaban J connectivity index is 1.50. The molecule has 0 bridgehead atoms. The van der Waals surface area contributed by atoms with E-state index in [0.29, 0.717) is 50.9 Å². The summed E-state index contributed by atoms with van der Waals surface area (Å²) in [5, 5.41) is 62.6. The van der Waals surface area contributed by atoms with Gasteiger partial charge in [0.05, 0.1) is 16.9 Å². The minimum absolute atomic E-state index is 0.0255. The molecule has 5 aliphatic carbocycles. The highest BCUT2D eigenvalue weighted by Gasteiger charge is 2.73. The number of hydrogen-bond donors (Lipinski definition) is 6. The fourth-order valence-corrected chi connectivity index (χ4v) is 11.9. The molecule has 4 fully saturated rings. The summed E-state index contributed by atoms with van der Waals surface area (Å²) in [6.07, 6.45) is -0.341. The fraction of sp³-hybridized carbons (Fsp3) is 0.857. The Morgan fingerprint density at radius 1 is 0.867 bits per heavy atom. The first kappa shape index (κ1) is 34.5. The summed E-state index contributed by atoms with van der Waals surface area (Å²) in [7, 11) is 0. The van der Waals surface area contributed by atoms with Crippen molar-refractivity contribution >= 4 is 18.2 Å². The van der Waals surface area contributed by atoms with Gasteiger partial charge in [0.25, 0.3) is 0 Å². The number of allylic oxidation sites excluding steroid dienone is 1. The van der Waals surface area contributed by atoms with E-state index in [9.17, 15) is 45.0 Å². The van der Waals surface area contributed by atoms with Crippen molar-refractivity contribution in [3.63, 3.8) is 0 Å². The molecule has 0 aromatic heterocycles. The number of carboxylic acid groups (broad SMARTS) is 2. The molecule has 10 heteroatoms. The van der Waals surface area contributed by atoms with Crippen molar-refractivity contribution in [2.75, 3.05) is 0 Å². The largest absolute Gasteiger partial charge is 0.481 e. The summed E-state index contributed by atoms with van der Waals surface area (Å²) in [5.41, 5.74) is -2.58. The lowest BCUT2D eigenvalue weighted by atomic mass is 9.33. The number of aliphatic hydroxyl groups is 4. The van der Waals surface area contributed by atoms with Crippen molar-refractivity contribution in [2.24, 2.45) is 56.7 Å². The molecule has 14 atom stereocenters. The Bertz CT molecular complexity index is 1230. The van der Waals surface area contributed by atoms with Gasteiger partial charge in [-0.2, -0.15) is 0 Å². The topological polar surface area (TPSA) is 182 Å². The zero-order valence-electron chi connectivity index (χ0n) is 27.6. The number of fused-ring (bicyclic) bond motifs is 7. The van der Waals surface area contributed by atoms with Gasteiger partial charge in [0.15, 0.2) is 12.6 Å². The average Bonchev–Trinajstić information content (AvgIpc) is 2.98. The van der Waals surface area contributed by atoms with Crippen molar-refractivity contribution in [1.82, 2.24) is 0 Å². The summed E-state index contributed by atoms with van der Waals surface area (Å²) >= 11 is 0. The van der Waals surface area contributed by atoms with E-state index in [1.54, 1.807) is 0 Å². The third kappa shape index (κ3) is 4.63. The summed E-state index contributed by atoms with van der Waals surface area (Å²) in [6, 6.07) is 0. The van der Waals surface area contributed by atoms with Crippen molar-refractivity contribution in [1.29, 1.82) is 0 Å². The second-order valence-electron chi connectivity index (χ2n) is 16.5. The molecule has 10 nitrogen and oxygen atoms in total. The van der Waals surface area contributed by atoms with E-state index < -0.39 is 64.3 Å². The van der Waals surface area contributed by atoms with E-state index in [-0.39, 0.29) is 35.4 Å². The summed E-state index contributed by atoms with van der Waals surface area (Å²) in [6.45, 7) is 12.8. The molecule has 5 rings (SSSR count). The summed E-state index contributed by atoms with van der Waals surface area (Å²) in [4.78, 5) is 37.6. The molecular formula is C35H54O10. The molecule has 5 aliphatic rings. The monoisotopic (exact) mass is 634 g/mol. The van der Waals surface area contributed by atoms with Crippen LogP contribution in [0.15, 0.2) is 11.6 Å². The van der Waals surface area contributed by atoms with E-state index in [1.165, 1.54) is 0 Å². The average molecular weight is 635 g/mol. The van der Waals surface area contributed by atoms with Gasteiger partial charge in [-0.25, -0.2) is 0 Å². The predicted molar refractivity (Wildman–Crippen MR) is 164 cm³/mol. The van der Waals surface area contributed by atoms with Crippen LogP contribution < -0.4 is 0 Å². The quantitative estimate of drug-likeness (QED) is 0.131. The van der Waals surface area contributed by atoms with Crippen LogP contribution in [0.3, 0.4) is 0 Å². The Morgan fingerprint density at radius 3 is 2.13 bits per heavy atom. The van der Waals surface area contributed by atoms with Crippen molar-refractivity contribution < 1.29 is 49.8 Å². The van der Waals surface area contributed by atoms with E-state index in [2.05, 4.69) is 47.6 Å². The normalized spacial score (nSPS) is 46.5. The van der Waals surface area contributed by atoms with Gasteiger partial charge < -0.3 is 40.2 Å². The number of carbonyl (C=O) groups is 3. The highest BCUT2D eigenvalue weighted by molar-refractivity contribution is 5.84. The zero-order valence-corrected chi connectivity index (χ0v) is 27.6. The minimum Gasteiger partial charge on any atom is -0.481 e. The van der Waals surface area contributed by atoms with Crippen molar-refractivity contribution in [3.05, 3.63) is 11.6 Å². The van der Waals surface area contributed by atoms with Gasteiger partial charge in [0, 0.05) is 0 Å². The van der Waals surface area contributed by atoms with Crippen LogP contribution in [-0.2, 0) is 19.1 Å². The molecule has 0 radical (unpaired) electrons. The molecule has 254 valence electrons. The number of ether oxygens (including phenoxy) is 1. The van der Waals surface area contributed by atoms with Crippen LogP contribution >= 0.6 is 0 Å². The van der Waals surface area contributed by atoms with Crippen LogP contribution in [-0.4, -0.2) is 79.6 Å². The second kappa shape index (κ2) is 11.4. The van der Waals surface area contributed by atoms with Gasteiger partial charge in [-0.05, 0) is 104 Å². The maximum atomic E-state index is 13.7. The molecular weight excluding hydrogens is 580 g/mol. The van der Waals surface area contributed by atoms with Crippen LogP contribution in [0.5, 0.6) is 0 Å². The zero-order chi connectivity index (χ0) is 33.5. The molecule has 0 amide bonds. The number of aliphatic hydroxyl groups excluding tert-OH is 4. The minimum atomic E-state index is -1.90. The van der Waals surface area contributed by atoms with Crippen LogP contribution in [0, 0.1) is 56.7 Å². The van der Waals surface area contributed by atoms with Gasteiger partial charge in [-0.1, -0.05) is 53.2 Å². The highest BCUT2D eigenvalue weighted by Crippen LogP contribution is 2.76. The van der Waals surface area contributed by atoms with E-state index >= 15 is 0 Å². The van der Waals surface area contributed by atoms with Gasteiger partial charge in [0.2, 0.25) is 0 Å². The molecule has 0 aromatic carbocycles. The molecule has 0 heterocycles. The highest BCUT2D eigenvalue weighted by atomic mass is 16.6. The number of carboxylic acids is 2. The summed E-state index contributed by atoms with van der Waals surface area (Å²) in [5.74, 6) is -1.46. The summed E-state index contributed by atoms with van der Waals surface area (Å²) < 4.78 is 5.95. The smallest absolute Gasteiger partial charge is 0.314 e. The molecule has 4 saturated carbocycles. The number of carbonyl (C=O) groups excluding carboxylic acids is 1. The number of hydrogen-bond acceptors (Lipinski definition) is 8. The lowest BCUT2D eigenvalue weighted by Crippen LogP contribution is -2.68. The molecule has 0 spiro atoms. The van der Waals surface area contributed by atoms with Gasteiger partial charge in [0.1, 0.15) is 18.3 Å². The standard InChI is InChI=1S/C35H54O10/c1-18-9-14-34(29(41)42)15-16-35(30(43)44)20(25(34)19(18)2)7-8-23-32(5)12-11-24(31(3,4)22(32)10-13-33(23,35)6)45-28(40)27(39)26(38)21(37)17-36/h7,17-19,21-28,37-40H,8-16H2,1-6H3,(H,41,42)(H,43,44). The molecule has 0 aromatic rings. The first-order valence-electron chi connectivity index (χ1n) is 16.9. The van der Waals surface area contributed by atoms with Crippen LogP contribution in [0.2, 0.25) is 0 Å². The fourth-order valence-electron chi connectivity index (χ4n) is 11.9.